The van der Waals surface area contributed by atoms with Crippen LogP contribution in [0, 0.1) is 0 Å². The van der Waals surface area contributed by atoms with Gasteiger partial charge in [-0.15, -0.1) is 0 Å². The third-order valence-corrected chi connectivity index (χ3v) is 4.21. The van der Waals surface area contributed by atoms with Gasteiger partial charge in [-0.1, -0.05) is 25.5 Å². The number of nitrogens with zero attached hydrogens (tertiary/aromatic N) is 1. The number of unbranched alkanes of at least 4 members (excludes halogenated alkanes) is 1. The summed E-state index contributed by atoms with van der Waals surface area (Å²) in [5, 5.41) is 0. The third kappa shape index (κ3) is 4.34. The van der Waals surface area contributed by atoms with Gasteiger partial charge in [0.25, 0.3) is 0 Å². The minimum atomic E-state index is -0.511. The zero-order valence-corrected chi connectivity index (χ0v) is 16.2. The Labute approximate surface area is 164 Å². The molecular weight excluding hydrogens is 358 g/mol. The van der Waals surface area contributed by atoms with E-state index in [1.54, 1.807) is 26.4 Å². The lowest BCUT2D eigenvalue weighted by atomic mass is 10.1. The molecule has 2 aromatic carbocycles. The lowest BCUT2D eigenvalue weighted by molar-refractivity contribution is -0.129. The van der Waals surface area contributed by atoms with E-state index >= 15 is 0 Å². The van der Waals surface area contributed by atoms with Gasteiger partial charge in [0.2, 0.25) is 5.90 Å². The van der Waals surface area contributed by atoms with Crippen LogP contribution in [-0.2, 0) is 9.53 Å². The number of cyclic esters (lactones) is 1. The van der Waals surface area contributed by atoms with E-state index in [4.69, 9.17) is 18.9 Å². The molecule has 0 radical (unpaired) electrons. The van der Waals surface area contributed by atoms with Crippen LogP contribution in [-0.4, -0.2) is 32.7 Å². The molecule has 0 fully saturated rings. The van der Waals surface area contributed by atoms with Crippen LogP contribution in [0.5, 0.6) is 17.2 Å². The SMILES string of the molecule is CCCCOc1ccc(C2=N/C(=C/c3cccc(OC)c3OC)C(=O)O2)cc1. The summed E-state index contributed by atoms with van der Waals surface area (Å²) < 4.78 is 21.7. The Bertz CT molecular complexity index is 900. The maximum Gasteiger partial charge on any atom is 0.363 e. The van der Waals surface area contributed by atoms with E-state index in [9.17, 15) is 4.79 Å². The molecule has 0 bridgehead atoms. The molecule has 0 atom stereocenters. The van der Waals surface area contributed by atoms with Crippen LogP contribution in [0.15, 0.2) is 53.2 Å². The summed E-state index contributed by atoms with van der Waals surface area (Å²) in [5.74, 6) is 1.63. The van der Waals surface area contributed by atoms with Crippen molar-refractivity contribution in [1.82, 2.24) is 0 Å². The first-order chi connectivity index (χ1) is 13.7. The summed E-state index contributed by atoms with van der Waals surface area (Å²) >= 11 is 0. The van der Waals surface area contributed by atoms with Crippen LogP contribution in [0.1, 0.15) is 30.9 Å². The smallest absolute Gasteiger partial charge is 0.363 e. The maximum absolute atomic E-state index is 12.3. The Morgan fingerprint density at radius 1 is 1.07 bits per heavy atom. The molecule has 0 unspecified atom stereocenters. The van der Waals surface area contributed by atoms with Gasteiger partial charge in [-0.2, -0.15) is 0 Å². The fourth-order valence-electron chi connectivity index (χ4n) is 2.73. The summed E-state index contributed by atoms with van der Waals surface area (Å²) in [4.78, 5) is 16.6. The first-order valence-corrected chi connectivity index (χ1v) is 9.13. The van der Waals surface area contributed by atoms with Gasteiger partial charge < -0.3 is 18.9 Å². The number of hydrogen-bond donors (Lipinski definition) is 0. The largest absolute Gasteiger partial charge is 0.494 e. The minimum Gasteiger partial charge on any atom is -0.494 e. The van der Waals surface area contributed by atoms with Gasteiger partial charge in [-0.3, -0.25) is 0 Å². The molecule has 6 nitrogen and oxygen atoms in total. The second kappa shape index (κ2) is 9.08. The summed E-state index contributed by atoms with van der Waals surface area (Å²) in [6.07, 6.45) is 3.71. The quantitative estimate of drug-likeness (QED) is 0.389. The van der Waals surface area contributed by atoms with Crippen LogP contribution < -0.4 is 14.2 Å². The van der Waals surface area contributed by atoms with Crippen molar-refractivity contribution < 1.29 is 23.7 Å². The Balaban J connectivity index is 1.82. The molecule has 2 aromatic rings. The van der Waals surface area contributed by atoms with E-state index in [1.807, 2.05) is 36.4 Å². The van der Waals surface area contributed by atoms with Crippen molar-refractivity contribution in [2.75, 3.05) is 20.8 Å². The molecular formula is C22H23NO5. The molecule has 0 saturated heterocycles. The van der Waals surface area contributed by atoms with Crippen LogP contribution in [0.2, 0.25) is 0 Å². The molecule has 1 heterocycles. The number of benzene rings is 2. The number of aliphatic imine (C=N–C) groups is 1. The van der Waals surface area contributed by atoms with Gasteiger partial charge >= 0.3 is 5.97 Å². The Hall–Kier alpha value is -3.28. The number of hydrogen-bond acceptors (Lipinski definition) is 6. The van der Waals surface area contributed by atoms with Crippen LogP contribution in [0.25, 0.3) is 6.08 Å². The number of ether oxygens (including phenoxy) is 4. The molecule has 3 rings (SSSR count). The van der Waals surface area contributed by atoms with Crippen LogP contribution in [0.3, 0.4) is 0 Å². The number of esters is 1. The number of para-hydroxylation sites is 1. The molecule has 6 heteroatoms. The lowest BCUT2D eigenvalue weighted by Gasteiger charge is -2.09. The van der Waals surface area contributed by atoms with Crippen molar-refractivity contribution in [3.05, 3.63) is 59.3 Å². The zero-order chi connectivity index (χ0) is 19.9. The first-order valence-electron chi connectivity index (χ1n) is 9.13. The average molecular weight is 381 g/mol. The van der Waals surface area contributed by atoms with E-state index < -0.39 is 5.97 Å². The Morgan fingerprint density at radius 3 is 2.54 bits per heavy atom. The molecule has 0 amide bonds. The first kappa shape index (κ1) is 19.5. The van der Waals surface area contributed by atoms with Crippen molar-refractivity contribution in [2.24, 2.45) is 4.99 Å². The van der Waals surface area contributed by atoms with Gasteiger partial charge in [0.15, 0.2) is 17.2 Å². The number of carbonyl (C=O) groups is 1. The van der Waals surface area contributed by atoms with Gasteiger partial charge in [-0.25, -0.2) is 9.79 Å². The summed E-state index contributed by atoms with van der Waals surface area (Å²) in [6, 6.07) is 12.7. The molecule has 28 heavy (non-hydrogen) atoms. The van der Waals surface area contributed by atoms with Crippen molar-refractivity contribution in [3.8, 4) is 17.2 Å². The van der Waals surface area contributed by atoms with Crippen molar-refractivity contribution in [1.29, 1.82) is 0 Å². The second-order valence-electron chi connectivity index (χ2n) is 6.15. The highest BCUT2D eigenvalue weighted by Crippen LogP contribution is 2.33. The fourth-order valence-corrected chi connectivity index (χ4v) is 2.73. The topological polar surface area (TPSA) is 66.3 Å². The molecule has 0 aliphatic carbocycles. The van der Waals surface area contributed by atoms with Crippen LogP contribution >= 0.6 is 0 Å². The summed E-state index contributed by atoms with van der Waals surface area (Å²) in [7, 11) is 3.11. The van der Waals surface area contributed by atoms with Crippen molar-refractivity contribution in [3.63, 3.8) is 0 Å². The van der Waals surface area contributed by atoms with E-state index in [0.29, 0.717) is 29.2 Å². The van der Waals surface area contributed by atoms with E-state index in [2.05, 4.69) is 11.9 Å². The predicted molar refractivity (Wildman–Crippen MR) is 107 cm³/mol. The van der Waals surface area contributed by atoms with Crippen LogP contribution in [0.4, 0.5) is 0 Å². The van der Waals surface area contributed by atoms with Gasteiger partial charge in [0.05, 0.1) is 20.8 Å². The number of carbonyl (C=O) groups excluding carboxylic acids is 1. The van der Waals surface area contributed by atoms with Gasteiger partial charge in [0.1, 0.15) is 5.75 Å². The third-order valence-electron chi connectivity index (χ3n) is 4.21. The number of methoxy groups -OCH3 is 2. The Kier molecular flexibility index (Phi) is 6.32. The molecule has 146 valence electrons. The zero-order valence-electron chi connectivity index (χ0n) is 16.2. The molecule has 1 aliphatic rings. The summed E-state index contributed by atoms with van der Waals surface area (Å²) in [5.41, 5.74) is 1.58. The molecule has 0 aromatic heterocycles. The normalized spacial score (nSPS) is 14.6. The maximum atomic E-state index is 12.3. The molecule has 0 spiro atoms. The second-order valence-corrected chi connectivity index (χ2v) is 6.15. The molecule has 0 saturated carbocycles. The van der Waals surface area contributed by atoms with Gasteiger partial charge in [-0.05, 0) is 42.8 Å². The van der Waals surface area contributed by atoms with E-state index in [-0.39, 0.29) is 11.6 Å². The Morgan fingerprint density at radius 2 is 1.86 bits per heavy atom. The molecule has 1 aliphatic heterocycles. The van der Waals surface area contributed by atoms with E-state index in [1.165, 1.54) is 0 Å². The highest BCUT2D eigenvalue weighted by Gasteiger charge is 2.25. The highest BCUT2D eigenvalue weighted by molar-refractivity contribution is 6.13. The van der Waals surface area contributed by atoms with E-state index in [0.717, 1.165) is 18.6 Å². The number of rotatable bonds is 8. The van der Waals surface area contributed by atoms with Crippen molar-refractivity contribution >= 4 is 17.9 Å². The minimum absolute atomic E-state index is 0.199. The standard InChI is InChI=1S/C22H23NO5/c1-4-5-13-27-17-11-9-15(10-12-17)21-23-18(22(24)28-21)14-16-7-6-8-19(25-2)20(16)26-3/h6-12,14H,4-5,13H2,1-3H3/b18-14+. The van der Waals surface area contributed by atoms with Crippen molar-refractivity contribution in [2.45, 2.75) is 19.8 Å². The monoisotopic (exact) mass is 381 g/mol. The predicted octanol–water partition coefficient (Wildman–Crippen LogP) is 4.23. The highest BCUT2D eigenvalue weighted by atomic mass is 16.6. The average Bonchev–Trinajstić information content (AvgIpc) is 3.08. The summed E-state index contributed by atoms with van der Waals surface area (Å²) in [6.45, 7) is 2.80. The van der Waals surface area contributed by atoms with Gasteiger partial charge in [0, 0.05) is 11.1 Å². The lowest BCUT2D eigenvalue weighted by Crippen LogP contribution is -2.05. The molecule has 0 N–H and O–H groups in total. The fraction of sp³-hybridized carbons (Fsp3) is 0.273.